The number of para-hydroxylation sites is 1. The lowest BCUT2D eigenvalue weighted by atomic mass is 10.1. The first-order valence-corrected chi connectivity index (χ1v) is 11.9. The van der Waals surface area contributed by atoms with Crippen LogP contribution in [0.25, 0.3) is 28.3 Å². The Morgan fingerprint density at radius 3 is 2.55 bits per heavy atom. The molecule has 0 spiro atoms. The van der Waals surface area contributed by atoms with Crippen molar-refractivity contribution < 1.29 is 27.1 Å². The number of nitrogen functional groups attached to an aromatic ring is 1. The number of amides is 1. The summed E-state index contributed by atoms with van der Waals surface area (Å²) in [7, 11) is 0. The molecule has 40 heavy (non-hydrogen) atoms. The van der Waals surface area contributed by atoms with Crippen molar-refractivity contribution in [2.45, 2.75) is 18.9 Å². The number of anilines is 1. The van der Waals surface area contributed by atoms with Crippen LogP contribution in [0.5, 0.6) is 5.75 Å². The van der Waals surface area contributed by atoms with Gasteiger partial charge in [0.1, 0.15) is 5.75 Å². The zero-order chi connectivity index (χ0) is 27.9. The number of carbonyl (C=O) groups excluding carboxylic acids is 1. The lowest BCUT2D eigenvalue weighted by Crippen LogP contribution is -2.34. The average Bonchev–Trinajstić information content (AvgIpc) is 3.69. The summed E-state index contributed by atoms with van der Waals surface area (Å²) in [5.41, 5.74) is 7.52. The molecule has 0 aliphatic heterocycles. The lowest BCUT2D eigenvalue weighted by molar-refractivity contribution is -0.274. The van der Waals surface area contributed by atoms with Crippen LogP contribution in [0.3, 0.4) is 0 Å². The molecular weight excluding hydrogens is 529 g/mol. The molecule has 6 aromatic rings. The van der Waals surface area contributed by atoms with Gasteiger partial charge in [0.2, 0.25) is 17.7 Å². The minimum atomic E-state index is -4.88. The highest BCUT2D eigenvalue weighted by Gasteiger charge is 2.32. The van der Waals surface area contributed by atoms with E-state index in [4.69, 9.17) is 10.2 Å². The van der Waals surface area contributed by atoms with Crippen molar-refractivity contribution in [2.24, 2.45) is 0 Å². The van der Waals surface area contributed by atoms with Crippen LogP contribution in [0.4, 0.5) is 19.1 Å². The molecule has 4 heterocycles. The first-order valence-electron chi connectivity index (χ1n) is 11.9. The molecule has 0 aliphatic carbocycles. The molecule has 1 atom stereocenters. The van der Waals surface area contributed by atoms with Crippen LogP contribution in [0, 0.1) is 0 Å². The molecule has 0 radical (unpaired) electrons. The number of nitrogens with two attached hydrogens (primary N) is 1. The quantitative estimate of drug-likeness (QED) is 0.304. The Hall–Kier alpha value is -5.40. The molecule has 2 aromatic carbocycles. The van der Waals surface area contributed by atoms with Gasteiger partial charge in [-0.1, -0.05) is 48.5 Å². The molecule has 3 N–H and O–H groups in total. The van der Waals surface area contributed by atoms with Gasteiger partial charge in [0.05, 0.1) is 17.8 Å². The standard InChI is InChI=1S/C26H19F3N8O3/c27-26(28,29)40-18-10-5-4-9-16(18)13-31-24(38)20(15-7-2-1-3-8-15)36-23-17(14-32-36)22-33-21(19-11-6-12-39-19)35-37(22)25(30)34-23/h1-12,14,20H,13H2,(H2,30,34)(H,31,38). The van der Waals surface area contributed by atoms with E-state index in [0.717, 1.165) is 0 Å². The van der Waals surface area contributed by atoms with Crippen LogP contribution in [-0.2, 0) is 11.3 Å². The topological polar surface area (TPSA) is 138 Å². The van der Waals surface area contributed by atoms with Crippen LogP contribution < -0.4 is 15.8 Å². The summed E-state index contributed by atoms with van der Waals surface area (Å²) in [6, 6.07) is 16.7. The van der Waals surface area contributed by atoms with E-state index in [1.165, 1.54) is 39.9 Å². The summed E-state index contributed by atoms with van der Waals surface area (Å²) < 4.78 is 50.9. The molecule has 11 nitrogen and oxygen atoms in total. The summed E-state index contributed by atoms with van der Waals surface area (Å²) >= 11 is 0. The summed E-state index contributed by atoms with van der Waals surface area (Å²) in [6.45, 7) is -0.232. The molecule has 0 saturated heterocycles. The number of furan rings is 1. The Bertz CT molecular complexity index is 1810. The highest BCUT2D eigenvalue weighted by atomic mass is 19.4. The fourth-order valence-corrected chi connectivity index (χ4v) is 4.32. The fraction of sp³-hybridized carbons (Fsp3) is 0.115. The second kappa shape index (κ2) is 9.72. The number of benzene rings is 2. The number of rotatable bonds is 7. The van der Waals surface area contributed by atoms with Crippen molar-refractivity contribution in [2.75, 3.05) is 5.73 Å². The second-order valence-electron chi connectivity index (χ2n) is 8.63. The number of nitrogens with one attached hydrogen (secondary N) is 1. The summed E-state index contributed by atoms with van der Waals surface area (Å²) in [5.74, 6) is -0.237. The Balaban J connectivity index is 1.39. The van der Waals surface area contributed by atoms with Gasteiger partial charge in [0.15, 0.2) is 23.1 Å². The zero-order valence-corrected chi connectivity index (χ0v) is 20.4. The van der Waals surface area contributed by atoms with Crippen LogP contribution in [0.1, 0.15) is 17.2 Å². The molecule has 0 fully saturated rings. The van der Waals surface area contributed by atoms with Gasteiger partial charge in [-0.05, 0) is 23.8 Å². The number of alkyl halides is 3. The summed E-state index contributed by atoms with van der Waals surface area (Å²) in [6.07, 6.45) is -1.89. The van der Waals surface area contributed by atoms with Crippen LogP contribution in [0.2, 0.25) is 0 Å². The second-order valence-corrected chi connectivity index (χ2v) is 8.63. The van der Waals surface area contributed by atoms with Gasteiger partial charge in [-0.3, -0.25) is 4.79 Å². The smallest absolute Gasteiger partial charge is 0.461 e. The summed E-state index contributed by atoms with van der Waals surface area (Å²) in [4.78, 5) is 22.6. The summed E-state index contributed by atoms with van der Waals surface area (Å²) in [5, 5.41) is 12.0. The molecule has 14 heteroatoms. The Kier molecular flexibility index (Phi) is 6.06. The van der Waals surface area contributed by atoms with Gasteiger partial charge in [-0.25, -0.2) is 9.67 Å². The number of ether oxygens (including phenoxy) is 1. The molecule has 0 bridgehead atoms. The maximum Gasteiger partial charge on any atom is 0.573 e. The van der Waals surface area contributed by atoms with Gasteiger partial charge < -0.3 is 20.2 Å². The number of nitrogens with zero attached hydrogens (tertiary/aromatic N) is 6. The predicted octanol–water partition coefficient (Wildman–Crippen LogP) is 4.12. The third-order valence-electron chi connectivity index (χ3n) is 6.06. The van der Waals surface area contributed by atoms with Crippen molar-refractivity contribution in [3.05, 3.63) is 90.3 Å². The lowest BCUT2D eigenvalue weighted by Gasteiger charge is -2.19. The van der Waals surface area contributed by atoms with Crippen molar-refractivity contribution >= 4 is 28.5 Å². The third-order valence-corrected chi connectivity index (χ3v) is 6.06. The van der Waals surface area contributed by atoms with Gasteiger partial charge in [-0.15, -0.1) is 18.3 Å². The Morgan fingerprint density at radius 2 is 1.80 bits per heavy atom. The third kappa shape index (κ3) is 4.66. The van der Waals surface area contributed by atoms with Gasteiger partial charge in [0.25, 0.3) is 0 Å². The van der Waals surface area contributed by atoms with Gasteiger partial charge in [0, 0.05) is 12.1 Å². The fourth-order valence-electron chi connectivity index (χ4n) is 4.32. The van der Waals surface area contributed by atoms with E-state index in [9.17, 15) is 18.0 Å². The largest absolute Gasteiger partial charge is 0.573 e. The van der Waals surface area contributed by atoms with Crippen molar-refractivity contribution in [1.82, 2.24) is 34.7 Å². The molecule has 0 saturated carbocycles. The van der Waals surface area contributed by atoms with Crippen molar-refractivity contribution in [1.29, 1.82) is 0 Å². The van der Waals surface area contributed by atoms with Gasteiger partial charge >= 0.3 is 6.36 Å². The predicted molar refractivity (Wildman–Crippen MR) is 136 cm³/mol. The highest BCUT2D eigenvalue weighted by Crippen LogP contribution is 2.29. The van der Waals surface area contributed by atoms with E-state index in [1.807, 2.05) is 0 Å². The molecule has 0 aliphatic rings. The molecule has 202 valence electrons. The van der Waals surface area contributed by atoms with Crippen LogP contribution in [0.15, 0.2) is 83.6 Å². The number of aromatic nitrogens is 6. The van der Waals surface area contributed by atoms with Gasteiger partial charge in [-0.2, -0.15) is 14.6 Å². The SMILES string of the molecule is Nc1nc2c(cnn2C(C(=O)NCc2ccccc2OC(F)(F)F)c2ccccc2)c2nc(-c3ccco3)nn12. The van der Waals surface area contributed by atoms with Crippen LogP contribution >= 0.6 is 0 Å². The Labute approximate surface area is 223 Å². The highest BCUT2D eigenvalue weighted by molar-refractivity contribution is 5.92. The maximum atomic E-state index is 13.6. The minimum Gasteiger partial charge on any atom is -0.461 e. The normalized spacial score (nSPS) is 12.6. The number of halogens is 3. The molecular formula is C26H19F3N8O3. The number of carbonyl (C=O) groups is 1. The minimum absolute atomic E-state index is 0.00000256. The number of fused-ring (bicyclic) bond motifs is 3. The maximum absolute atomic E-state index is 13.6. The number of hydrogen-bond donors (Lipinski definition) is 2. The van der Waals surface area contributed by atoms with Crippen molar-refractivity contribution in [3.8, 4) is 17.3 Å². The number of hydrogen-bond acceptors (Lipinski definition) is 8. The molecule has 4 aromatic heterocycles. The molecule has 1 unspecified atom stereocenters. The first-order chi connectivity index (χ1) is 19.3. The van der Waals surface area contributed by atoms with Crippen molar-refractivity contribution in [3.63, 3.8) is 0 Å². The first kappa shape index (κ1) is 24.9. The monoisotopic (exact) mass is 548 g/mol. The van der Waals surface area contributed by atoms with E-state index in [-0.39, 0.29) is 29.5 Å². The molecule has 1 amide bonds. The zero-order valence-electron chi connectivity index (χ0n) is 20.4. The van der Waals surface area contributed by atoms with E-state index >= 15 is 0 Å². The van der Waals surface area contributed by atoms with Crippen LogP contribution in [-0.4, -0.2) is 41.6 Å². The van der Waals surface area contributed by atoms with E-state index in [2.05, 4.69) is 30.2 Å². The van der Waals surface area contributed by atoms with E-state index in [0.29, 0.717) is 22.4 Å². The molecule has 6 rings (SSSR count). The average molecular weight is 548 g/mol. The van der Waals surface area contributed by atoms with E-state index in [1.54, 1.807) is 48.5 Å². The van der Waals surface area contributed by atoms with E-state index < -0.39 is 24.1 Å². The Morgan fingerprint density at radius 1 is 1.02 bits per heavy atom.